The summed E-state index contributed by atoms with van der Waals surface area (Å²) < 4.78 is 0. The molecule has 0 spiro atoms. The van der Waals surface area contributed by atoms with Crippen molar-refractivity contribution in [1.82, 2.24) is 5.32 Å². The monoisotopic (exact) mass is 241 g/mol. The number of hydrogen-bond acceptors (Lipinski definition) is 1. The van der Waals surface area contributed by atoms with Crippen LogP contribution in [-0.4, -0.2) is 11.9 Å². The number of benzene rings is 2. The first kappa shape index (κ1) is 12.6. The highest BCUT2D eigenvalue weighted by Crippen LogP contribution is 2.15. The van der Waals surface area contributed by atoms with Gasteiger partial charge in [0.15, 0.2) is 0 Å². The van der Waals surface area contributed by atoms with Crippen molar-refractivity contribution in [3.05, 3.63) is 48.0 Å². The second-order valence-electron chi connectivity index (χ2n) is 4.73. The third kappa shape index (κ3) is 2.89. The summed E-state index contributed by atoms with van der Waals surface area (Å²) in [4.78, 5) is 12.1. The molecule has 0 aliphatic carbocycles. The second kappa shape index (κ2) is 5.67. The molecule has 0 bridgehead atoms. The topological polar surface area (TPSA) is 29.1 Å². The van der Waals surface area contributed by atoms with E-state index in [9.17, 15) is 4.79 Å². The lowest BCUT2D eigenvalue weighted by Crippen LogP contribution is -2.32. The van der Waals surface area contributed by atoms with Crippen molar-refractivity contribution in [3.8, 4) is 0 Å². The van der Waals surface area contributed by atoms with E-state index in [0.29, 0.717) is 0 Å². The molecule has 2 nitrogen and oxygen atoms in total. The van der Waals surface area contributed by atoms with Gasteiger partial charge in [0.25, 0.3) is 5.91 Å². The zero-order valence-electron chi connectivity index (χ0n) is 10.9. The molecule has 0 saturated heterocycles. The molecule has 0 aliphatic heterocycles. The lowest BCUT2D eigenvalue weighted by Gasteiger charge is -2.13. The summed E-state index contributed by atoms with van der Waals surface area (Å²) in [7, 11) is 0. The molecule has 0 saturated carbocycles. The number of rotatable bonds is 4. The molecule has 0 aromatic heterocycles. The van der Waals surface area contributed by atoms with E-state index in [1.165, 1.54) is 0 Å². The van der Waals surface area contributed by atoms with Gasteiger partial charge in [0.1, 0.15) is 0 Å². The summed E-state index contributed by atoms with van der Waals surface area (Å²) in [5, 5.41) is 5.29. The van der Waals surface area contributed by atoms with Crippen molar-refractivity contribution in [3.63, 3.8) is 0 Å². The third-order valence-electron chi connectivity index (χ3n) is 3.11. The van der Waals surface area contributed by atoms with E-state index in [1.807, 2.05) is 43.3 Å². The molecule has 0 aliphatic rings. The molecule has 0 radical (unpaired) electrons. The maximum atomic E-state index is 12.1. The maximum Gasteiger partial charge on any atom is 0.251 e. The highest BCUT2D eigenvalue weighted by Gasteiger charge is 2.09. The fraction of sp³-hybridized carbons (Fsp3) is 0.312. The van der Waals surface area contributed by atoms with Crippen LogP contribution >= 0.6 is 0 Å². The number of carbonyl (C=O) groups is 1. The molecule has 2 rings (SSSR count). The van der Waals surface area contributed by atoms with E-state index >= 15 is 0 Å². The molecule has 2 aromatic carbocycles. The third-order valence-corrected chi connectivity index (χ3v) is 3.11. The molecule has 2 heteroatoms. The van der Waals surface area contributed by atoms with Crippen molar-refractivity contribution in [2.45, 2.75) is 32.7 Å². The summed E-state index contributed by atoms with van der Waals surface area (Å²) >= 11 is 0. The molecule has 0 heterocycles. The van der Waals surface area contributed by atoms with Crippen LogP contribution in [0, 0.1) is 0 Å². The largest absolute Gasteiger partial charge is 0.350 e. The van der Waals surface area contributed by atoms with Crippen molar-refractivity contribution in [2.24, 2.45) is 0 Å². The van der Waals surface area contributed by atoms with Gasteiger partial charge in [-0.05, 0) is 36.2 Å². The Balaban J connectivity index is 2.17. The van der Waals surface area contributed by atoms with Crippen LogP contribution in [0.4, 0.5) is 0 Å². The molecule has 1 atom stereocenters. The van der Waals surface area contributed by atoms with Gasteiger partial charge in [-0.25, -0.2) is 0 Å². The highest BCUT2D eigenvalue weighted by molar-refractivity contribution is 5.98. The highest BCUT2D eigenvalue weighted by atomic mass is 16.1. The Labute approximate surface area is 108 Å². The Kier molecular flexibility index (Phi) is 3.98. The fourth-order valence-corrected chi connectivity index (χ4v) is 2.14. The molecular weight excluding hydrogens is 222 g/mol. The van der Waals surface area contributed by atoms with Gasteiger partial charge in [0.2, 0.25) is 0 Å². The number of amides is 1. The minimum atomic E-state index is 0.0155. The van der Waals surface area contributed by atoms with Gasteiger partial charge in [-0.1, -0.05) is 43.7 Å². The molecular formula is C16H19NO. The molecule has 18 heavy (non-hydrogen) atoms. The Hall–Kier alpha value is -1.83. The standard InChI is InChI=1S/C16H19NO/c1-3-6-12(2)17-16(18)15-10-9-13-7-4-5-8-14(13)11-15/h4-5,7-12H,3,6H2,1-2H3,(H,17,18)/t12-/m1/s1. The molecule has 2 aromatic rings. The summed E-state index contributed by atoms with van der Waals surface area (Å²) in [6.07, 6.45) is 2.10. The Morgan fingerprint density at radius 3 is 2.61 bits per heavy atom. The number of carbonyl (C=O) groups excluding carboxylic acids is 1. The lowest BCUT2D eigenvalue weighted by atomic mass is 10.1. The number of nitrogens with one attached hydrogen (secondary N) is 1. The zero-order valence-corrected chi connectivity index (χ0v) is 10.9. The van der Waals surface area contributed by atoms with Crippen molar-refractivity contribution in [1.29, 1.82) is 0 Å². The molecule has 1 amide bonds. The summed E-state index contributed by atoms with van der Waals surface area (Å²) in [6.45, 7) is 4.17. The van der Waals surface area contributed by atoms with Crippen LogP contribution in [0.15, 0.2) is 42.5 Å². The van der Waals surface area contributed by atoms with Crippen molar-refractivity contribution >= 4 is 16.7 Å². The number of hydrogen-bond donors (Lipinski definition) is 1. The second-order valence-corrected chi connectivity index (χ2v) is 4.73. The van der Waals surface area contributed by atoms with E-state index in [2.05, 4.69) is 18.3 Å². The Morgan fingerprint density at radius 2 is 1.89 bits per heavy atom. The van der Waals surface area contributed by atoms with Crippen LogP contribution in [0.1, 0.15) is 37.0 Å². The van der Waals surface area contributed by atoms with Gasteiger partial charge < -0.3 is 5.32 Å². The SMILES string of the molecule is CCC[C@@H](C)NC(=O)c1ccc2ccccc2c1. The van der Waals surface area contributed by atoms with Crippen molar-refractivity contribution < 1.29 is 4.79 Å². The van der Waals surface area contributed by atoms with Crippen molar-refractivity contribution in [2.75, 3.05) is 0 Å². The number of fused-ring (bicyclic) bond motifs is 1. The summed E-state index contributed by atoms with van der Waals surface area (Å²) in [6, 6.07) is 14.1. The molecule has 1 N–H and O–H groups in total. The van der Waals surface area contributed by atoms with E-state index in [4.69, 9.17) is 0 Å². The quantitative estimate of drug-likeness (QED) is 0.867. The average Bonchev–Trinajstić information content (AvgIpc) is 2.38. The summed E-state index contributed by atoms with van der Waals surface area (Å²) in [5.74, 6) is 0.0155. The van der Waals surface area contributed by atoms with Gasteiger partial charge >= 0.3 is 0 Å². The fourth-order valence-electron chi connectivity index (χ4n) is 2.14. The van der Waals surface area contributed by atoms with Crippen LogP contribution in [-0.2, 0) is 0 Å². The van der Waals surface area contributed by atoms with Gasteiger partial charge in [0.05, 0.1) is 0 Å². The van der Waals surface area contributed by atoms with E-state index in [-0.39, 0.29) is 11.9 Å². The first-order valence-corrected chi connectivity index (χ1v) is 6.50. The van der Waals surface area contributed by atoms with Gasteiger partial charge in [-0.15, -0.1) is 0 Å². The molecule has 94 valence electrons. The van der Waals surface area contributed by atoms with Crippen LogP contribution in [0.3, 0.4) is 0 Å². The van der Waals surface area contributed by atoms with E-state index in [0.717, 1.165) is 29.2 Å². The maximum absolute atomic E-state index is 12.1. The smallest absolute Gasteiger partial charge is 0.251 e. The Morgan fingerprint density at radius 1 is 1.17 bits per heavy atom. The van der Waals surface area contributed by atoms with Gasteiger partial charge in [0, 0.05) is 11.6 Å². The predicted octanol–water partition coefficient (Wildman–Crippen LogP) is 3.76. The van der Waals surface area contributed by atoms with Crippen LogP contribution in [0.25, 0.3) is 10.8 Å². The van der Waals surface area contributed by atoms with Gasteiger partial charge in [-0.2, -0.15) is 0 Å². The normalized spacial score (nSPS) is 12.3. The minimum absolute atomic E-state index is 0.0155. The van der Waals surface area contributed by atoms with Gasteiger partial charge in [-0.3, -0.25) is 4.79 Å². The lowest BCUT2D eigenvalue weighted by molar-refractivity contribution is 0.0938. The minimum Gasteiger partial charge on any atom is -0.350 e. The summed E-state index contributed by atoms with van der Waals surface area (Å²) in [5.41, 5.74) is 0.733. The zero-order chi connectivity index (χ0) is 13.0. The first-order chi connectivity index (χ1) is 8.70. The van der Waals surface area contributed by atoms with Crippen LogP contribution < -0.4 is 5.32 Å². The van der Waals surface area contributed by atoms with Crippen LogP contribution in [0.2, 0.25) is 0 Å². The average molecular weight is 241 g/mol. The van der Waals surface area contributed by atoms with Crippen LogP contribution in [0.5, 0.6) is 0 Å². The molecule has 0 unspecified atom stereocenters. The predicted molar refractivity (Wildman–Crippen MR) is 75.8 cm³/mol. The van der Waals surface area contributed by atoms with E-state index in [1.54, 1.807) is 0 Å². The first-order valence-electron chi connectivity index (χ1n) is 6.50. The molecule has 0 fully saturated rings. The van der Waals surface area contributed by atoms with E-state index < -0.39 is 0 Å². The Bertz CT molecular complexity index is 548.